The van der Waals surface area contributed by atoms with Crippen molar-refractivity contribution in [2.24, 2.45) is 17.8 Å². The highest BCUT2D eigenvalue weighted by Gasteiger charge is 2.27. The third-order valence-corrected chi connectivity index (χ3v) is 4.41. The SMILES string of the molecule is CC1CCCCC1CN(CCO)CC1CC1. The van der Waals surface area contributed by atoms with Crippen LogP contribution in [0.3, 0.4) is 0 Å². The molecule has 0 aromatic rings. The van der Waals surface area contributed by atoms with E-state index in [1.807, 2.05) is 0 Å². The van der Waals surface area contributed by atoms with Gasteiger partial charge in [0.25, 0.3) is 0 Å². The van der Waals surface area contributed by atoms with Crippen LogP contribution in [-0.2, 0) is 0 Å². The summed E-state index contributed by atoms with van der Waals surface area (Å²) in [5.41, 5.74) is 0. The van der Waals surface area contributed by atoms with Gasteiger partial charge in [0.2, 0.25) is 0 Å². The Bertz CT molecular complexity index is 203. The predicted octanol–water partition coefficient (Wildman–Crippen LogP) is 2.52. The summed E-state index contributed by atoms with van der Waals surface area (Å²) in [5.74, 6) is 2.73. The highest BCUT2D eigenvalue weighted by Crippen LogP contribution is 2.33. The van der Waals surface area contributed by atoms with Crippen molar-refractivity contribution in [3.05, 3.63) is 0 Å². The van der Waals surface area contributed by atoms with Crippen LogP contribution in [0.5, 0.6) is 0 Å². The molecule has 1 N–H and O–H groups in total. The van der Waals surface area contributed by atoms with E-state index in [1.54, 1.807) is 0 Å². The van der Waals surface area contributed by atoms with Gasteiger partial charge in [-0.15, -0.1) is 0 Å². The average molecular weight is 225 g/mol. The van der Waals surface area contributed by atoms with Crippen molar-refractivity contribution in [1.29, 1.82) is 0 Å². The van der Waals surface area contributed by atoms with Crippen LogP contribution in [-0.4, -0.2) is 36.2 Å². The van der Waals surface area contributed by atoms with Gasteiger partial charge in [-0.2, -0.15) is 0 Å². The van der Waals surface area contributed by atoms with Gasteiger partial charge in [-0.25, -0.2) is 0 Å². The van der Waals surface area contributed by atoms with Crippen LogP contribution in [0.2, 0.25) is 0 Å². The third-order valence-electron chi connectivity index (χ3n) is 4.41. The molecule has 0 aromatic heterocycles. The standard InChI is InChI=1S/C14H27NO/c1-12-4-2-3-5-14(12)11-15(8-9-16)10-13-6-7-13/h12-14,16H,2-11H2,1H3. The summed E-state index contributed by atoms with van der Waals surface area (Å²) < 4.78 is 0. The Balaban J connectivity index is 1.77. The van der Waals surface area contributed by atoms with Crippen LogP contribution in [0.4, 0.5) is 0 Å². The summed E-state index contributed by atoms with van der Waals surface area (Å²) in [6.07, 6.45) is 8.52. The Morgan fingerprint density at radius 2 is 1.81 bits per heavy atom. The number of hydrogen-bond acceptors (Lipinski definition) is 2. The van der Waals surface area contributed by atoms with Crippen LogP contribution < -0.4 is 0 Å². The Labute approximate surface area is 100 Å². The summed E-state index contributed by atoms with van der Waals surface area (Å²) in [7, 11) is 0. The number of nitrogens with zero attached hydrogens (tertiary/aromatic N) is 1. The number of hydrogen-bond donors (Lipinski definition) is 1. The molecular weight excluding hydrogens is 198 g/mol. The van der Waals surface area contributed by atoms with Gasteiger partial charge in [0.1, 0.15) is 0 Å². The predicted molar refractivity (Wildman–Crippen MR) is 67.4 cm³/mol. The zero-order valence-electron chi connectivity index (χ0n) is 10.7. The Hall–Kier alpha value is -0.0800. The zero-order chi connectivity index (χ0) is 11.4. The fourth-order valence-electron chi connectivity index (χ4n) is 3.06. The van der Waals surface area contributed by atoms with E-state index in [9.17, 15) is 0 Å². The largest absolute Gasteiger partial charge is 0.395 e. The van der Waals surface area contributed by atoms with Crippen LogP contribution in [0.15, 0.2) is 0 Å². The first-order valence-corrected chi connectivity index (χ1v) is 7.13. The minimum atomic E-state index is 0.327. The molecule has 2 rings (SSSR count). The smallest absolute Gasteiger partial charge is 0.0558 e. The van der Waals surface area contributed by atoms with Crippen LogP contribution in [0, 0.1) is 17.8 Å². The molecule has 0 aliphatic heterocycles. The second-order valence-corrected chi connectivity index (χ2v) is 5.95. The molecule has 94 valence electrons. The number of aliphatic hydroxyl groups excluding tert-OH is 1. The third kappa shape index (κ3) is 3.74. The maximum Gasteiger partial charge on any atom is 0.0558 e. The van der Waals surface area contributed by atoms with E-state index in [0.717, 1.165) is 24.3 Å². The Morgan fingerprint density at radius 3 is 2.44 bits per heavy atom. The van der Waals surface area contributed by atoms with Crippen molar-refractivity contribution in [2.45, 2.75) is 45.4 Å². The minimum absolute atomic E-state index is 0.327. The van der Waals surface area contributed by atoms with Crippen molar-refractivity contribution in [3.63, 3.8) is 0 Å². The summed E-state index contributed by atoms with van der Waals surface area (Å²) in [5, 5.41) is 9.12. The lowest BCUT2D eigenvalue weighted by Gasteiger charge is -2.33. The van der Waals surface area contributed by atoms with Crippen LogP contribution >= 0.6 is 0 Å². The van der Waals surface area contributed by atoms with Crippen LogP contribution in [0.25, 0.3) is 0 Å². The van der Waals surface area contributed by atoms with Crippen molar-refractivity contribution < 1.29 is 5.11 Å². The van der Waals surface area contributed by atoms with Gasteiger partial charge >= 0.3 is 0 Å². The van der Waals surface area contributed by atoms with Gasteiger partial charge in [0.15, 0.2) is 0 Å². The lowest BCUT2D eigenvalue weighted by Crippen LogP contribution is -2.36. The normalized spacial score (nSPS) is 30.9. The van der Waals surface area contributed by atoms with Crippen molar-refractivity contribution in [1.82, 2.24) is 4.90 Å². The highest BCUT2D eigenvalue weighted by molar-refractivity contribution is 4.80. The molecule has 2 saturated carbocycles. The van der Waals surface area contributed by atoms with E-state index >= 15 is 0 Å². The Morgan fingerprint density at radius 1 is 1.06 bits per heavy atom. The van der Waals surface area contributed by atoms with Gasteiger partial charge in [-0.1, -0.05) is 26.2 Å². The fraction of sp³-hybridized carbons (Fsp3) is 1.00. The first-order chi connectivity index (χ1) is 7.79. The van der Waals surface area contributed by atoms with E-state index < -0.39 is 0 Å². The lowest BCUT2D eigenvalue weighted by molar-refractivity contribution is 0.131. The lowest BCUT2D eigenvalue weighted by atomic mass is 9.80. The van der Waals surface area contributed by atoms with E-state index in [-0.39, 0.29) is 0 Å². The number of aliphatic hydroxyl groups is 1. The van der Waals surface area contributed by atoms with E-state index in [2.05, 4.69) is 11.8 Å². The molecule has 2 fully saturated rings. The molecule has 0 aromatic carbocycles. The monoisotopic (exact) mass is 225 g/mol. The van der Waals surface area contributed by atoms with Crippen molar-refractivity contribution in [3.8, 4) is 0 Å². The molecule has 2 aliphatic carbocycles. The molecule has 16 heavy (non-hydrogen) atoms. The van der Waals surface area contributed by atoms with Gasteiger partial charge in [-0.05, 0) is 37.0 Å². The first-order valence-electron chi connectivity index (χ1n) is 7.13. The molecule has 0 radical (unpaired) electrons. The minimum Gasteiger partial charge on any atom is -0.395 e. The molecule has 2 unspecified atom stereocenters. The van der Waals surface area contributed by atoms with Gasteiger partial charge in [0.05, 0.1) is 6.61 Å². The molecule has 0 spiro atoms. The number of rotatable bonds is 6. The molecule has 0 heterocycles. The maximum absolute atomic E-state index is 9.12. The zero-order valence-corrected chi connectivity index (χ0v) is 10.7. The second kappa shape index (κ2) is 6.02. The summed E-state index contributed by atoms with van der Waals surface area (Å²) >= 11 is 0. The molecular formula is C14H27NO. The van der Waals surface area contributed by atoms with Crippen LogP contribution in [0.1, 0.15) is 45.4 Å². The van der Waals surface area contributed by atoms with Gasteiger partial charge in [-0.3, -0.25) is 0 Å². The van der Waals surface area contributed by atoms with Gasteiger partial charge < -0.3 is 10.0 Å². The maximum atomic E-state index is 9.12. The topological polar surface area (TPSA) is 23.5 Å². The molecule has 0 amide bonds. The Kier molecular flexibility index (Phi) is 4.66. The average Bonchev–Trinajstić information content (AvgIpc) is 3.06. The van der Waals surface area contributed by atoms with E-state index in [0.29, 0.717) is 6.61 Å². The molecule has 2 heteroatoms. The quantitative estimate of drug-likeness (QED) is 0.751. The first kappa shape index (κ1) is 12.4. The molecule has 0 saturated heterocycles. The molecule has 2 aliphatic rings. The summed E-state index contributed by atoms with van der Waals surface area (Å²) in [6, 6.07) is 0. The second-order valence-electron chi connectivity index (χ2n) is 5.95. The van der Waals surface area contributed by atoms with Crippen molar-refractivity contribution >= 4 is 0 Å². The van der Waals surface area contributed by atoms with E-state index in [1.165, 1.54) is 51.6 Å². The van der Waals surface area contributed by atoms with Gasteiger partial charge in [0, 0.05) is 19.6 Å². The fourth-order valence-corrected chi connectivity index (χ4v) is 3.06. The molecule has 2 atom stereocenters. The summed E-state index contributed by atoms with van der Waals surface area (Å²) in [4.78, 5) is 2.52. The molecule has 2 nitrogen and oxygen atoms in total. The highest BCUT2D eigenvalue weighted by atomic mass is 16.3. The molecule has 0 bridgehead atoms. The van der Waals surface area contributed by atoms with Crippen molar-refractivity contribution in [2.75, 3.05) is 26.2 Å². The summed E-state index contributed by atoms with van der Waals surface area (Å²) in [6.45, 7) is 6.10. The van der Waals surface area contributed by atoms with E-state index in [4.69, 9.17) is 5.11 Å².